The molecular formula is C34H37F3IrNO2-. The third kappa shape index (κ3) is 8.27. The van der Waals surface area contributed by atoms with E-state index in [1.807, 2.05) is 79.7 Å². The zero-order chi connectivity index (χ0) is 30.2. The zero-order valence-corrected chi connectivity index (χ0v) is 27.4. The van der Waals surface area contributed by atoms with Crippen LogP contribution in [0, 0.1) is 37.7 Å². The van der Waals surface area contributed by atoms with Gasteiger partial charge in [0.1, 0.15) is 5.76 Å². The minimum Gasteiger partial charge on any atom is -0.512 e. The Bertz CT molecular complexity index is 1590. The number of aryl methyl sites for hydroxylation is 3. The van der Waals surface area contributed by atoms with E-state index >= 15 is 0 Å². The van der Waals surface area contributed by atoms with E-state index in [0.717, 1.165) is 38.5 Å². The number of ketones is 1. The topological polar surface area (TPSA) is 50.2 Å². The molecule has 0 amide bonds. The number of aliphatic hydroxyl groups is 1. The summed E-state index contributed by atoms with van der Waals surface area (Å²) in [5, 5.41) is 12.5. The van der Waals surface area contributed by atoms with Crippen molar-refractivity contribution in [1.29, 1.82) is 0 Å². The van der Waals surface area contributed by atoms with Crippen LogP contribution in [0.5, 0.6) is 0 Å². The Morgan fingerprint density at radius 2 is 1.49 bits per heavy atom. The molecule has 0 bridgehead atoms. The van der Waals surface area contributed by atoms with Crippen LogP contribution in [-0.2, 0) is 31.1 Å². The fraction of sp³-hybridized carbons (Fsp3) is 0.353. The molecule has 0 atom stereocenters. The van der Waals surface area contributed by atoms with Crippen LogP contribution in [0.1, 0.15) is 63.8 Å². The number of fused-ring (bicyclic) bond motifs is 3. The summed E-state index contributed by atoms with van der Waals surface area (Å²) >= 11 is 0. The maximum Gasteiger partial charge on any atom is 0.416 e. The van der Waals surface area contributed by atoms with Crippen molar-refractivity contribution in [1.82, 2.24) is 4.98 Å². The van der Waals surface area contributed by atoms with Gasteiger partial charge in [-0.25, -0.2) is 0 Å². The van der Waals surface area contributed by atoms with Crippen LogP contribution in [0.2, 0.25) is 0 Å². The standard InChI is InChI=1S/C23H17F3N.C11H20O2.Ir/c1-13-8-14(2)10-17(9-13)22-19-5-4-16-11-15(3)21(23(24,25)26)12-20(16)18(19)6-7-27-22;1-10(2,3)8(12)7-9(13)11(4,5)6;/h4-9,11-12H,1-3H3;7,12H,1-6H3;/q-1;;. The second-order valence-corrected chi connectivity index (χ2v) is 12.4. The summed E-state index contributed by atoms with van der Waals surface area (Å²) in [5.74, 6) is 0.104. The first-order valence-electron chi connectivity index (χ1n) is 13.1. The number of benzene rings is 3. The van der Waals surface area contributed by atoms with Crippen LogP contribution < -0.4 is 0 Å². The van der Waals surface area contributed by atoms with Crippen LogP contribution in [0.4, 0.5) is 13.2 Å². The number of aliphatic hydroxyl groups excluding tert-OH is 1. The van der Waals surface area contributed by atoms with Crippen LogP contribution in [0.25, 0.3) is 32.8 Å². The number of hydrogen-bond donors (Lipinski definition) is 1. The molecule has 3 aromatic carbocycles. The number of carbonyl (C=O) groups excluding carboxylic acids is 1. The number of allylic oxidation sites excluding steroid dienone is 2. The van der Waals surface area contributed by atoms with Gasteiger partial charge in [-0.2, -0.15) is 13.2 Å². The minimum absolute atomic E-state index is 0. The van der Waals surface area contributed by atoms with Crippen LogP contribution >= 0.6 is 0 Å². The maximum absolute atomic E-state index is 13.4. The molecule has 0 aliphatic rings. The summed E-state index contributed by atoms with van der Waals surface area (Å²) in [6, 6.07) is 15.7. The molecule has 1 N–H and O–H groups in total. The smallest absolute Gasteiger partial charge is 0.416 e. The van der Waals surface area contributed by atoms with Crippen molar-refractivity contribution in [2.24, 2.45) is 10.8 Å². The van der Waals surface area contributed by atoms with Gasteiger partial charge in [0.25, 0.3) is 0 Å². The molecule has 1 radical (unpaired) electrons. The van der Waals surface area contributed by atoms with Crippen LogP contribution in [0.15, 0.2) is 60.5 Å². The number of rotatable bonds is 2. The Labute approximate surface area is 254 Å². The summed E-state index contributed by atoms with van der Waals surface area (Å²) in [7, 11) is 0. The minimum atomic E-state index is -4.38. The average molecular weight is 741 g/mol. The first kappa shape index (κ1) is 34.2. The SMILES string of the molecule is CC(C)(C)C(=O)C=C(O)C(C)(C)C.Cc1[c-]c(-c2nccc3c2ccc2cc(C)c(C(F)(F)F)cc23)cc(C)c1.[Ir]. The first-order chi connectivity index (χ1) is 18.3. The van der Waals surface area contributed by atoms with Crippen LogP contribution in [0.3, 0.4) is 0 Å². The average Bonchev–Trinajstić information content (AvgIpc) is 2.80. The molecule has 0 aliphatic carbocycles. The molecule has 0 aliphatic heterocycles. The van der Waals surface area contributed by atoms with E-state index in [1.54, 1.807) is 18.3 Å². The third-order valence-electron chi connectivity index (χ3n) is 6.59. The van der Waals surface area contributed by atoms with Gasteiger partial charge < -0.3 is 10.1 Å². The van der Waals surface area contributed by atoms with E-state index in [4.69, 9.17) is 0 Å². The van der Waals surface area contributed by atoms with E-state index in [-0.39, 0.29) is 42.6 Å². The van der Waals surface area contributed by atoms with Gasteiger partial charge in [-0.05, 0) is 51.9 Å². The van der Waals surface area contributed by atoms with Gasteiger partial charge in [-0.3, -0.25) is 4.79 Å². The molecule has 0 spiro atoms. The quantitative estimate of drug-likeness (QED) is 0.0964. The summed E-state index contributed by atoms with van der Waals surface area (Å²) in [5.41, 5.74) is 2.54. The maximum atomic E-state index is 13.4. The molecule has 7 heteroatoms. The molecule has 0 saturated carbocycles. The second-order valence-electron chi connectivity index (χ2n) is 12.4. The van der Waals surface area contributed by atoms with Crippen molar-refractivity contribution in [3.05, 3.63) is 88.8 Å². The van der Waals surface area contributed by atoms with Crippen molar-refractivity contribution >= 4 is 27.3 Å². The Hall–Kier alpha value is -3.02. The number of alkyl halides is 3. The number of nitrogens with zero attached hydrogens (tertiary/aromatic N) is 1. The first-order valence-corrected chi connectivity index (χ1v) is 13.1. The Morgan fingerprint density at radius 3 is 2.02 bits per heavy atom. The largest absolute Gasteiger partial charge is 0.512 e. The molecule has 221 valence electrons. The monoisotopic (exact) mass is 741 g/mol. The van der Waals surface area contributed by atoms with Gasteiger partial charge in [0, 0.05) is 43.2 Å². The molecule has 1 heterocycles. The number of carbonyl (C=O) groups is 1. The normalized spacial score (nSPS) is 12.5. The van der Waals surface area contributed by atoms with Crippen molar-refractivity contribution in [3.63, 3.8) is 0 Å². The Morgan fingerprint density at radius 1 is 0.854 bits per heavy atom. The molecule has 0 saturated heterocycles. The van der Waals surface area contributed by atoms with Gasteiger partial charge in [-0.15, -0.1) is 34.9 Å². The fourth-order valence-corrected chi connectivity index (χ4v) is 4.25. The second kappa shape index (κ2) is 12.5. The molecular weight excluding hydrogens is 704 g/mol. The zero-order valence-electron chi connectivity index (χ0n) is 25.0. The molecule has 0 fully saturated rings. The van der Waals surface area contributed by atoms with Crippen molar-refractivity contribution in [2.45, 2.75) is 68.5 Å². The Balaban J connectivity index is 0.000000360. The predicted molar refractivity (Wildman–Crippen MR) is 157 cm³/mol. The molecule has 4 rings (SSSR count). The molecule has 41 heavy (non-hydrogen) atoms. The summed E-state index contributed by atoms with van der Waals surface area (Å²) < 4.78 is 40.2. The van der Waals surface area contributed by atoms with Crippen LogP contribution in [-0.4, -0.2) is 15.9 Å². The van der Waals surface area contributed by atoms with E-state index in [2.05, 4.69) is 11.1 Å². The summed E-state index contributed by atoms with van der Waals surface area (Å²) in [4.78, 5) is 16.0. The van der Waals surface area contributed by atoms with Gasteiger partial charge >= 0.3 is 6.18 Å². The summed E-state index contributed by atoms with van der Waals surface area (Å²) in [6.45, 7) is 16.6. The van der Waals surface area contributed by atoms with Crippen molar-refractivity contribution in [2.75, 3.05) is 0 Å². The van der Waals surface area contributed by atoms with Crippen molar-refractivity contribution < 1.29 is 43.2 Å². The van der Waals surface area contributed by atoms with E-state index in [9.17, 15) is 23.1 Å². The summed E-state index contributed by atoms with van der Waals surface area (Å²) in [6.07, 6.45) is -1.40. The number of aromatic nitrogens is 1. The van der Waals surface area contributed by atoms with Crippen molar-refractivity contribution in [3.8, 4) is 11.3 Å². The van der Waals surface area contributed by atoms with E-state index in [1.165, 1.54) is 19.1 Å². The van der Waals surface area contributed by atoms with Gasteiger partial charge in [0.2, 0.25) is 0 Å². The molecule has 3 nitrogen and oxygen atoms in total. The van der Waals surface area contributed by atoms with Gasteiger partial charge in [0.05, 0.1) is 5.56 Å². The molecule has 4 aromatic rings. The molecule has 0 unspecified atom stereocenters. The number of hydrogen-bond acceptors (Lipinski definition) is 3. The molecule has 1 aromatic heterocycles. The van der Waals surface area contributed by atoms with Gasteiger partial charge in [0.15, 0.2) is 5.78 Å². The number of pyridine rings is 1. The van der Waals surface area contributed by atoms with E-state index in [0.29, 0.717) is 5.39 Å². The predicted octanol–water partition coefficient (Wildman–Crippen LogP) is 9.89. The third-order valence-corrected chi connectivity index (χ3v) is 6.59. The number of halogens is 3. The fourth-order valence-electron chi connectivity index (χ4n) is 4.25. The van der Waals surface area contributed by atoms with E-state index < -0.39 is 17.2 Å². The Kier molecular flexibility index (Phi) is 10.4. The van der Waals surface area contributed by atoms with Gasteiger partial charge in [-0.1, -0.05) is 73.6 Å².